The summed E-state index contributed by atoms with van der Waals surface area (Å²) < 4.78 is 46.1. The van der Waals surface area contributed by atoms with Crippen molar-refractivity contribution in [2.75, 3.05) is 26.4 Å². The van der Waals surface area contributed by atoms with Crippen molar-refractivity contribution < 1.29 is 32.5 Å². The molecule has 0 bridgehead atoms. The maximum atomic E-state index is 7.37. The van der Waals surface area contributed by atoms with Gasteiger partial charge in [0.15, 0.2) is 29.2 Å². The van der Waals surface area contributed by atoms with Crippen LogP contribution >= 0.6 is 11.6 Å². The maximum Gasteiger partial charge on any atom is 0.192 e. The molecule has 0 radical (unpaired) electrons. The van der Waals surface area contributed by atoms with Gasteiger partial charge < -0.3 is 32.5 Å². The Hall–Kier alpha value is -0.756. The molecule has 1 aliphatic carbocycles. The van der Waals surface area contributed by atoms with Crippen LogP contribution in [0.3, 0.4) is 0 Å². The summed E-state index contributed by atoms with van der Waals surface area (Å²) in [6, 6.07) is 14.4. The zero-order valence-electron chi connectivity index (χ0n) is 31.5. The van der Waals surface area contributed by atoms with E-state index in [2.05, 4.69) is 53.7 Å². The molecule has 7 atom stereocenters. The van der Waals surface area contributed by atoms with Crippen molar-refractivity contribution in [1.82, 2.24) is 0 Å². The topological polar surface area (TPSA) is 64.6 Å². The van der Waals surface area contributed by atoms with Gasteiger partial charge in [-0.3, -0.25) is 0 Å². The lowest BCUT2D eigenvalue weighted by molar-refractivity contribution is -0.193. The Morgan fingerprint density at radius 3 is 2.08 bits per heavy atom. The van der Waals surface area contributed by atoms with Gasteiger partial charge >= 0.3 is 0 Å². The number of halogens is 1. The van der Waals surface area contributed by atoms with Gasteiger partial charge in [-0.1, -0.05) is 71.4 Å². The number of hydrogen-bond donors (Lipinski definition) is 0. The van der Waals surface area contributed by atoms with E-state index in [0.717, 1.165) is 113 Å². The molecular weight excluding hydrogens is 672 g/mol. The van der Waals surface area contributed by atoms with Crippen LogP contribution in [-0.2, 0) is 27.8 Å². The first-order valence-corrected chi connectivity index (χ1v) is 25.2. The number of ether oxygens (including phenoxy) is 5. The van der Waals surface area contributed by atoms with Crippen molar-refractivity contribution >= 4 is 28.2 Å². The summed E-state index contributed by atoms with van der Waals surface area (Å²) in [5, 5.41) is 0.653. The molecule has 1 aromatic rings. The second kappa shape index (κ2) is 21.1. The van der Waals surface area contributed by atoms with E-state index in [4.69, 9.17) is 44.1 Å². The molecule has 7 nitrogen and oxygen atoms in total. The Balaban J connectivity index is 1.63. The molecular formula is C39H67ClO7Si2. The summed E-state index contributed by atoms with van der Waals surface area (Å²) in [5.41, 5.74) is 0. The van der Waals surface area contributed by atoms with Crippen LogP contribution in [0.15, 0.2) is 36.4 Å². The predicted molar refractivity (Wildman–Crippen MR) is 204 cm³/mol. The van der Waals surface area contributed by atoms with Gasteiger partial charge in [0.1, 0.15) is 18.5 Å². The molecule has 3 unspecified atom stereocenters. The second-order valence-corrected chi connectivity index (χ2v) is 24.3. The van der Waals surface area contributed by atoms with Gasteiger partial charge in [0.05, 0.1) is 12.2 Å². The fraction of sp³-hybridized carbons (Fsp3) is 0.795. The van der Waals surface area contributed by atoms with Crippen molar-refractivity contribution in [2.45, 2.75) is 160 Å². The third-order valence-electron chi connectivity index (χ3n) is 11.7. The van der Waals surface area contributed by atoms with Gasteiger partial charge in [-0.15, -0.1) is 0 Å². The predicted octanol–water partition coefficient (Wildman–Crippen LogP) is 10.5. The van der Waals surface area contributed by atoms with Crippen LogP contribution in [0.25, 0.3) is 0 Å². The van der Waals surface area contributed by atoms with Crippen LogP contribution in [0.4, 0.5) is 0 Å². The first-order valence-electron chi connectivity index (χ1n) is 19.7. The molecule has 4 rings (SSSR count). The highest BCUT2D eigenvalue weighted by Crippen LogP contribution is 2.43. The van der Waals surface area contributed by atoms with E-state index in [1.54, 1.807) is 0 Å². The van der Waals surface area contributed by atoms with Crippen LogP contribution in [0.5, 0.6) is 5.75 Å². The lowest BCUT2D eigenvalue weighted by atomic mass is 9.90. The standard InChI is InChI=1S/C39H67ClO7Si2/c1-7-48(8-2,9-3)44-27-24-35-34(36(46-39-21-14-16-26-42-39)29-37(35)47-49(10-4,11-5)12-6)23-22-33(45-38-20-13-15-25-41-38)30-43-32-19-17-18-31(40)28-32/h17-19,22-23,28,33-39H,7-16,20-21,24-27,29-30H2,1-6H3/t33-,34-,35-,36-,37?,38?,39?/m1/s1. The maximum absolute atomic E-state index is 7.37. The highest BCUT2D eigenvalue weighted by Gasteiger charge is 2.47. The molecule has 0 spiro atoms. The Bertz CT molecular complexity index is 1070. The van der Waals surface area contributed by atoms with E-state index in [1.165, 1.54) is 0 Å². The van der Waals surface area contributed by atoms with Crippen LogP contribution in [-0.4, -0.2) is 74.0 Å². The summed E-state index contributed by atoms with van der Waals surface area (Å²) >= 11 is 6.28. The van der Waals surface area contributed by atoms with Crippen molar-refractivity contribution in [1.29, 1.82) is 0 Å². The molecule has 2 saturated heterocycles. The Morgan fingerprint density at radius 2 is 1.49 bits per heavy atom. The van der Waals surface area contributed by atoms with Gasteiger partial charge in [-0.25, -0.2) is 0 Å². The Labute approximate surface area is 305 Å². The molecule has 3 aliphatic rings. The van der Waals surface area contributed by atoms with Crippen LogP contribution in [0, 0.1) is 11.8 Å². The molecule has 2 aliphatic heterocycles. The third-order valence-corrected chi connectivity index (χ3v) is 21.3. The van der Waals surface area contributed by atoms with E-state index >= 15 is 0 Å². The van der Waals surface area contributed by atoms with Gasteiger partial charge in [0, 0.05) is 30.8 Å². The van der Waals surface area contributed by atoms with Crippen molar-refractivity contribution in [3.05, 3.63) is 41.4 Å². The van der Waals surface area contributed by atoms with Gasteiger partial charge in [0.25, 0.3) is 0 Å². The quantitative estimate of drug-likeness (QED) is 0.0919. The van der Waals surface area contributed by atoms with Gasteiger partial charge in [-0.05, 0) is 112 Å². The van der Waals surface area contributed by atoms with Crippen molar-refractivity contribution in [3.8, 4) is 5.75 Å². The van der Waals surface area contributed by atoms with E-state index in [0.29, 0.717) is 11.6 Å². The van der Waals surface area contributed by atoms with Crippen LogP contribution in [0.2, 0.25) is 41.3 Å². The molecule has 280 valence electrons. The number of hydrogen-bond acceptors (Lipinski definition) is 7. The van der Waals surface area contributed by atoms with Gasteiger partial charge in [-0.2, -0.15) is 0 Å². The second-order valence-electron chi connectivity index (χ2n) is 14.4. The number of rotatable bonds is 21. The molecule has 3 fully saturated rings. The van der Waals surface area contributed by atoms with Crippen molar-refractivity contribution in [2.24, 2.45) is 11.8 Å². The first kappa shape index (κ1) is 41.0. The summed E-state index contributed by atoms with van der Waals surface area (Å²) in [4.78, 5) is 0. The van der Waals surface area contributed by atoms with Crippen molar-refractivity contribution in [3.63, 3.8) is 0 Å². The highest BCUT2D eigenvalue weighted by molar-refractivity contribution is 6.74. The van der Waals surface area contributed by atoms with E-state index in [1.807, 2.05) is 24.3 Å². The molecule has 0 aromatic heterocycles. The minimum atomic E-state index is -1.88. The highest BCUT2D eigenvalue weighted by atomic mass is 35.5. The monoisotopic (exact) mass is 738 g/mol. The largest absolute Gasteiger partial charge is 0.490 e. The lowest BCUT2D eigenvalue weighted by Crippen LogP contribution is -2.42. The third kappa shape index (κ3) is 12.1. The average Bonchev–Trinajstić information content (AvgIpc) is 3.45. The Kier molecular flexibility index (Phi) is 17.6. The van der Waals surface area contributed by atoms with E-state index in [9.17, 15) is 0 Å². The minimum Gasteiger partial charge on any atom is -0.490 e. The fourth-order valence-corrected chi connectivity index (χ4v) is 13.7. The van der Waals surface area contributed by atoms with E-state index in [-0.39, 0.29) is 42.7 Å². The first-order chi connectivity index (χ1) is 23.8. The van der Waals surface area contributed by atoms with Crippen LogP contribution in [0.1, 0.15) is 92.9 Å². The SMILES string of the molecule is CC[Si](CC)(CC)OCC[C@H]1C(O[Si](CC)(CC)CC)C[C@@H](OC2CCCCO2)[C@@H]1C=C[C@H](COc1cccc(Cl)c1)OC1CCCCO1. The molecule has 49 heavy (non-hydrogen) atoms. The smallest absolute Gasteiger partial charge is 0.192 e. The summed E-state index contributed by atoms with van der Waals surface area (Å²) in [5.74, 6) is 1.15. The minimum absolute atomic E-state index is 0.00225. The average molecular weight is 740 g/mol. The Morgan fingerprint density at radius 1 is 0.837 bits per heavy atom. The lowest BCUT2D eigenvalue weighted by Gasteiger charge is -2.36. The summed E-state index contributed by atoms with van der Waals surface area (Å²) in [6.45, 7) is 16.5. The summed E-state index contributed by atoms with van der Waals surface area (Å²) in [6.07, 6.45) is 12.1. The van der Waals surface area contributed by atoms with Crippen LogP contribution < -0.4 is 4.74 Å². The zero-order chi connectivity index (χ0) is 35.1. The van der Waals surface area contributed by atoms with E-state index < -0.39 is 16.6 Å². The normalized spacial score (nSPS) is 27.5. The molecule has 1 aromatic carbocycles. The molecule has 0 amide bonds. The molecule has 2 heterocycles. The fourth-order valence-electron chi connectivity index (χ4n) is 7.95. The number of benzene rings is 1. The van der Waals surface area contributed by atoms with Gasteiger partial charge in [0.2, 0.25) is 0 Å². The molecule has 0 N–H and O–H groups in total. The summed E-state index contributed by atoms with van der Waals surface area (Å²) in [7, 11) is -3.60. The molecule has 10 heteroatoms. The molecule has 1 saturated carbocycles. The zero-order valence-corrected chi connectivity index (χ0v) is 34.2.